The van der Waals surface area contributed by atoms with Crippen LogP contribution >= 0.6 is 0 Å². The SMILES string of the molecule is C=O.CC/C=C(/C)O[C@@H]1CC(=O)N1C(C/C=C/c1ccccc1)C(=O)OC. The summed E-state index contributed by atoms with van der Waals surface area (Å²) in [6, 6.07) is 9.12. The number of methoxy groups -OCH3 is 1. The van der Waals surface area contributed by atoms with Crippen LogP contribution < -0.4 is 0 Å². The first-order valence-corrected chi connectivity index (χ1v) is 8.79. The number of likely N-dealkylation sites (tertiary alicyclic amines) is 1. The number of amides is 1. The van der Waals surface area contributed by atoms with E-state index in [-0.39, 0.29) is 12.3 Å². The van der Waals surface area contributed by atoms with Gasteiger partial charge in [0.15, 0.2) is 6.23 Å². The molecule has 1 aliphatic rings. The third kappa shape index (κ3) is 6.40. The van der Waals surface area contributed by atoms with Crippen molar-refractivity contribution in [3.8, 4) is 0 Å². The highest BCUT2D eigenvalue weighted by molar-refractivity contribution is 5.89. The molecule has 1 fully saturated rings. The van der Waals surface area contributed by atoms with Crippen molar-refractivity contribution in [2.75, 3.05) is 7.11 Å². The highest BCUT2D eigenvalue weighted by Crippen LogP contribution is 2.28. The van der Waals surface area contributed by atoms with E-state index in [0.717, 1.165) is 17.7 Å². The average Bonchev–Trinajstić information content (AvgIpc) is 2.68. The highest BCUT2D eigenvalue weighted by atomic mass is 16.5. The summed E-state index contributed by atoms with van der Waals surface area (Å²) in [4.78, 5) is 33.7. The Bertz CT molecular complexity index is 668. The average molecular weight is 373 g/mol. The van der Waals surface area contributed by atoms with E-state index in [1.54, 1.807) is 0 Å². The molecule has 1 aliphatic heterocycles. The fourth-order valence-corrected chi connectivity index (χ4v) is 2.78. The van der Waals surface area contributed by atoms with Crippen LogP contribution in [0.25, 0.3) is 6.08 Å². The van der Waals surface area contributed by atoms with Gasteiger partial charge in [0.1, 0.15) is 12.8 Å². The number of nitrogens with zero attached hydrogens (tertiary/aromatic N) is 1. The topological polar surface area (TPSA) is 72.9 Å². The molecule has 0 aromatic heterocycles. The lowest BCUT2D eigenvalue weighted by Crippen LogP contribution is -2.60. The van der Waals surface area contributed by atoms with Crippen molar-refractivity contribution in [1.29, 1.82) is 0 Å². The molecular weight excluding hydrogens is 346 g/mol. The molecule has 1 amide bonds. The van der Waals surface area contributed by atoms with E-state index in [1.165, 1.54) is 12.0 Å². The molecule has 2 atom stereocenters. The number of rotatable bonds is 8. The van der Waals surface area contributed by atoms with E-state index >= 15 is 0 Å². The minimum Gasteiger partial charge on any atom is -0.475 e. The zero-order valence-electron chi connectivity index (χ0n) is 16.1. The number of hydrogen-bond donors (Lipinski definition) is 0. The summed E-state index contributed by atoms with van der Waals surface area (Å²) >= 11 is 0. The van der Waals surface area contributed by atoms with Crippen LogP contribution in [0.3, 0.4) is 0 Å². The Morgan fingerprint density at radius 3 is 2.56 bits per heavy atom. The molecule has 27 heavy (non-hydrogen) atoms. The molecule has 0 bridgehead atoms. The van der Waals surface area contributed by atoms with Crippen LogP contribution in [0, 0.1) is 0 Å². The predicted molar refractivity (Wildman–Crippen MR) is 103 cm³/mol. The Balaban J connectivity index is 0.00000176. The number of ether oxygens (including phenoxy) is 2. The molecule has 1 aromatic carbocycles. The third-order valence-electron chi connectivity index (χ3n) is 4.04. The Morgan fingerprint density at radius 1 is 1.33 bits per heavy atom. The maximum absolute atomic E-state index is 12.2. The molecule has 0 saturated carbocycles. The molecule has 0 spiro atoms. The molecule has 1 heterocycles. The van der Waals surface area contributed by atoms with Crippen molar-refractivity contribution in [2.24, 2.45) is 0 Å². The van der Waals surface area contributed by atoms with Gasteiger partial charge in [0.25, 0.3) is 0 Å². The second-order valence-electron chi connectivity index (χ2n) is 5.89. The number of esters is 1. The van der Waals surface area contributed by atoms with E-state index in [0.29, 0.717) is 6.42 Å². The number of carbonyl (C=O) groups excluding carboxylic acids is 3. The summed E-state index contributed by atoms with van der Waals surface area (Å²) in [6.07, 6.45) is 6.86. The first-order chi connectivity index (χ1) is 13.1. The maximum Gasteiger partial charge on any atom is 0.329 e. The lowest BCUT2D eigenvalue weighted by atomic mass is 10.0. The van der Waals surface area contributed by atoms with Crippen molar-refractivity contribution in [3.05, 3.63) is 53.8 Å². The molecule has 0 radical (unpaired) electrons. The van der Waals surface area contributed by atoms with Crippen LogP contribution in [-0.2, 0) is 23.9 Å². The molecule has 1 saturated heterocycles. The largest absolute Gasteiger partial charge is 0.475 e. The Labute approximate surface area is 160 Å². The van der Waals surface area contributed by atoms with E-state index in [2.05, 4.69) is 0 Å². The Hall–Kier alpha value is -2.89. The quantitative estimate of drug-likeness (QED) is 0.397. The van der Waals surface area contributed by atoms with Crippen molar-refractivity contribution >= 4 is 24.7 Å². The molecule has 0 aliphatic carbocycles. The molecular formula is C21H27NO5. The van der Waals surface area contributed by atoms with Gasteiger partial charge in [0.05, 0.1) is 19.3 Å². The maximum atomic E-state index is 12.2. The highest BCUT2D eigenvalue weighted by Gasteiger charge is 2.45. The summed E-state index contributed by atoms with van der Waals surface area (Å²) in [6.45, 7) is 5.87. The van der Waals surface area contributed by atoms with Gasteiger partial charge < -0.3 is 14.3 Å². The predicted octanol–water partition coefficient (Wildman–Crippen LogP) is 3.34. The molecule has 6 nitrogen and oxygen atoms in total. The first-order valence-electron chi connectivity index (χ1n) is 8.79. The van der Waals surface area contributed by atoms with E-state index in [4.69, 9.17) is 14.3 Å². The fourth-order valence-electron chi connectivity index (χ4n) is 2.78. The van der Waals surface area contributed by atoms with Gasteiger partial charge in [-0.25, -0.2) is 4.79 Å². The van der Waals surface area contributed by atoms with Crippen LogP contribution in [0.2, 0.25) is 0 Å². The minimum atomic E-state index is -0.675. The molecule has 1 aromatic rings. The van der Waals surface area contributed by atoms with E-state index < -0.39 is 18.2 Å². The van der Waals surface area contributed by atoms with Gasteiger partial charge in [-0.05, 0) is 31.4 Å². The molecule has 146 valence electrons. The zero-order chi connectivity index (χ0) is 20.2. The van der Waals surface area contributed by atoms with Crippen molar-refractivity contribution in [1.82, 2.24) is 4.90 Å². The van der Waals surface area contributed by atoms with Gasteiger partial charge >= 0.3 is 5.97 Å². The second-order valence-corrected chi connectivity index (χ2v) is 5.89. The standard InChI is InChI=1S/C20H25NO4.CH2O/c1-4-9-15(2)25-19-14-18(22)21(19)17(20(23)24-3)13-8-12-16-10-6-5-7-11-16;1-2/h5-12,17,19H,4,13-14H2,1-3H3;1H2/b12-8+,15-9-;/t17?,19-;/m1./s1. The summed E-state index contributed by atoms with van der Waals surface area (Å²) in [5.74, 6) is 0.225. The van der Waals surface area contributed by atoms with Crippen molar-refractivity contribution < 1.29 is 23.9 Å². The van der Waals surface area contributed by atoms with Gasteiger partial charge in [0, 0.05) is 0 Å². The third-order valence-corrected chi connectivity index (χ3v) is 4.04. The van der Waals surface area contributed by atoms with Gasteiger partial charge in [-0.15, -0.1) is 0 Å². The fraction of sp³-hybridized carbons (Fsp3) is 0.381. The van der Waals surface area contributed by atoms with Crippen molar-refractivity contribution in [3.63, 3.8) is 0 Å². The lowest BCUT2D eigenvalue weighted by Gasteiger charge is -2.43. The Kier molecular flexibility index (Phi) is 9.58. The first kappa shape index (κ1) is 22.2. The normalized spacial score (nSPS) is 17.6. The van der Waals surface area contributed by atoms with Gasteiger partial charge in [-0.3, -0.25) is 9.69 Å². The smallest absolute Gasteiger partial charge is 0.329 e. The molecule has 6 heteroatoms. The van der Waals surface area contributed by atoms with E-state index in [1.807, 2.05) is 69.2 Å². The number of carbonyl (C=O) groups is 3. The van der Waals surface area contributed by atoms with Crippen LogP contribution in [0.15, 0.2) is 48.2 Å². The molecule has 1 unspecified atom stereocenters. The van der Waals surface area contributed by atoms with E-state index in [9.17, 15) is 9.59 Å². The minimum absolute atomic E-state index is 0.0993. The summed E-state index contributed by atoms with van der Waals surface area (Å²) in [5.41, 5.74) is 1.04. The van der Waals surface area contributed by atoms with Crippen molar-refractivity contribution in [2.45, 2.75) is 45.4 Å². The molecule has 2 rings (SSSR count). The van der Waals surface area contributed by atoms with Gasteiger partial charge in [-0.2, -0.15) is 0 Å². The monoisotopic (exact) mass is 373 g/mol. The number of allylic oxidation sites excluding steroid dienone is 2. The van der Waals surface area contributed by atoms with Gasteiger partial charge in [0.2, 0.25) is 5.91 Å². The second kappa shape index (κ2) is 11.7. The van der Waals surface area contributed by atoms with Crippen LogP contribution in [0.4, 0.5) is 0 Å². The molecule has 0 N–H and O–H groups in total. The van der Waals surface area contributed by atoms with Crippen LogP contribution in [-0.4, -0.2) is 42.9 Å². The van der Waals surface area contributed by atoms with Crippen LogP contribution in [0.5, 0.6) is 0 Å². The summed E-state index contributed by atoms with van der Waals surface area (Å²) in [7, 11) is 1.33. The number of β-lactam (4-membered cyclic amide) rings is 1. The zero-order valence-corrected chi connectivity index (χ0v) is 16.1. The van der Waals surface area contributed by atoms with Crippen LogP contribution in [0.1, 0.15) is 38.7 Å². The Morgan fingerprint density at radius 2 is 2.00 bits per heavy atom. The number of hydrogen-bond acceptors (Lipinski definition) is 5. The summed E-state index contributed by atoms with van der Waals surface area (Å²) < 4.78 is 10.7. The van der Waals surface area contributed by atoms with Gasteiger partial charge in [-0.1, -0.05) is 49.4 Å². The number of benzene rings is 1. The summed E-state index contributed by atoms with van der Waals surface area (Å²) in [5, 5.41) is 0. The lowest BCUT2D eigenvalue weighted by molar-refractivity contribution is -0.182.